The highest BCUT2D eigenvalue weighted by Gasteiger charge is 2.21. The molecule has 25 heavy (non-hydrogen) atoms. The molecule has 0 aromatic heterocycles. The van der Waals surface area contributed by atoms with Crippen LogP contribution in [0.2, 0.25) is 0 Å². The first kappa shape index (κ1) is 20.9. The molecule has 0 heterocycles. The lowest BCUT2D eigenvalue weighted by Gasteiger charge is -2.13. The summed E-state index contributed by atoms with van der Waals surface area (Å²) in [7, 11) is -1.24. The van der Waals surface area contributed by atoms with Crippen LogP contribution in [0.4, 0.5) is 0 Å². The topological polar surface area (TPSA) is 111 Å². The van der Waals surface area contributed by atoms with E-state index in [0.29, 0.717) is 0 Å². The van der Waals surface area contributed by atoms with Crippen LogP contribution in [0.15, 0.2) is 23.1 Å². The standard InChI is InChI=1S/C16H24N2O6S/c1-5-6-11(2)18-15(19)10-24-16(20)12-7-8-13(23-4)14(9-12)25(21,22)17-3/h7-9,11,17H,5-6,10H2,1-4H3,(H,18,19)/t11-/m0/s1. The fourth-order valence-electron chi connectivity index (χ4n) is 2.16. The Bertz CT molecular complexity index is 717. The third-order valence-electron chi connectivity index (χ3n) is 3.42. The number of nitrogens with one attached hydrogen (secondary N) is 2. The Hall–Kier alpha value is -2.13. The highest BCUT2D eigenvalue weighted by atomic mass is 32.2. The first-order chi connectivity index (χ1) is 11.7. The molecule has 0 radical (unpaired) electrons. The Morgan fingerprint density at radius 3 is 2.52 bits per heavy atom. The summed E-state index contributed by atoms with van der Waals surface area (Å²) in [5.41, 5.74) is 0.00373. The Labute approximate surface area is 147 Å². The van der Waals surface area contributed by atoms with Gasteiger partial charge in [-0.15, -0.1) is 0 Å². The number of amides is 1. The van der Waals surface area contributed by atoms with Crippen molar-refractivity contribution in [2.24, 2.45) is 0 Å². The van der Waals surface area contributed by atoms with E-state index in [0.717, 1.165) is 18.9 Å². The number of ether oxygens (including phenoxy) is 2. The van der Waals surface area contributed by atoms with Gasteiger partial charge in [-0.3, -0.25) is 4.79 Å². The van der Waals surface area contributed by atoms with Gasteiger partial charge in [-0.05, 0) is 38.6 Å². The van der Waals surface area contributed by atoms with Gasteiger partial charge in [0.05, 0.1) is 12.7 Å². The fourth-order valence-corrected chi connectivity index (χ4v) is 3.08. The number of hydrogen-bond acceptors (Lipinski definition) is 6. The molecule has 1 aromatic carbocycles. The predicted octanol–water partition coefficient (Wildman–Crippen LogP) is 1.06. The van der Waals surface area contributed by atoms with Gasteiger partial charge in [-0.1, -0.05) is 13.3 Å². The third-order valence-corrected chi connectivity index (χ3v) is 4.86. The largest absolute Gasteiger partial charge is 0.495 e. The zero-order chi connectivity index (χ0) is 19.0. The van der Waals surface area contributed by atoms with Crippen LogP contribution in [0.3, 0.4) is 0 Å². The average Bonchev–Trinajstić information content (AvgIpc) is 2.59. The van der Waals surface area contributed by atoms with Crippen molar-refractivity contribution in [3.05, 3.63) is 23.8 Å². The van der Waals surface area contributed by atoms with E-state index in [4.69, 9.17) is 9.47 Å². The van der Waals surface area contributed by atoms with Crippen LogP contribution >= 0.6 is 0 Å². The molecule has 0 bridgehead atoms. The van der Waals surface area contributed by atoms with E-state index in [-0.39, 0.29) is 22.3 Å². The highest BCUT2D eigenvalue weighted by molar-refractivity contribution is 7.89. The molecule has 0 aliphatic rings. The van der Waals surface area contributed by atoms with E-state index in [1.807, 2.05) is 13.8 Å². The molecule has 9 heteroatoms. The van der Waals surface area contributed by atoms with Crippen LogP contribution in [-0.4, -0.2) is 47.1 Å². The van der Waals surface area contributed by atoms with Gasteiger partial charge in [-0.25, -0.2) is 17.9 Å². The smallest absolute Gasteiger partial charge is 0.338 e. The zero-order valence-electron chi connectivity index (χ0n) is 14.8. The fraction of sp³-hybridized carbons (Fsp3) is 0.500. The van der Waals surface area contributed by atoms with Gasteiger partial charge in [0.2, 0.25) is 10.0 Å². The van der Waals surface area contributed by atoms with Crippen molar-refractivity contribution in [3.8, 4) is 5.75 Å². The maximum absolute atomic E-state index is 12.1. The summed E-state index contributed by atoms with van der Waals surface area (Å²) in [5, 5.41) is 2.71. The Morgan fingerprint density at radius 2 is 1.96 bits per heavy atom. The maximum Gasteiger partial charge on any atom is 0.338 e. The molecule has 1 rings (SSSR count). The van der Waals surface area contributed by atoms with Crippen LogP contribution in [0.1, 0.15) is 37.0 Å². The van der Waals surface area contributed by atoms with Crippen LogP contribution in [-0.2, 0) is 19.6 Å². The van der Waals surface area contributed by atoms with E-state index >= 15 is 0 Å². The van der Waals surface area contributed by atoms with Crippen molar-refractivity contribution < 1.29 is 27.5 Å². The average molecular weight is 372 g/mol. The molecule has 0 unspecified atom stereocenters. The van der Waals surface area contributed by atoms with Gasteiger partial charge in [0.15, 0.2) is 6.61 Å². The number of benzene rings is 1. The van der Waals surface area contributed by atoms with Gasteiger partial charge >= 0.3 is 5.97 Å². The van der Waals surface area contributed by atoms with E-state index in [1.165, 1.54) is 26.3 Å². The SMILES string of the molecule is CCC[C@H](C)NC(=O)COC(=O)c1ccc(OC)c(S(=O)(=O)NC)c1. The molecule has 0 saturated heterocycles. The summed E-state index contributed by atoms with van der Waals surface area (Å²) in [6.07, 6.45) is 1.75. The Balaban J connectivity index is 2.83. The molecule has 0 fully saturated rings. The molecule has 0 saturated carbocycles. The quantitative estimate of drug-likeness (QED) is 0.627. The molecular formula is C16H24N2O6S. The van der Waals surface area contributed by atoms with Crippen LogP contribution in [0.5, 0.6) is 5.75 Å². The first-order valence-corrected chi connectivity index (χ1v) is 9.31. The molecular weight excluding hydrogens is 348 g/mol. The van der Waals surface area contributed by atoms with E-state index in [1.54, 1.807) is 0 Å². The van der Waals surface area contributed by atoms with Gasteiger partial charge in [0.1, 0.15) is 10.6 Å². The molecule has 0 aliphatic carbocycles. The van der Waals surface area contributed by atoms with Gasteiger partial charge in [0.25, 0.3) is 5.91 Å². The minimum Gasteiger partial charge on any atom is -0.495 e. The zero-order valence-corrected chi connectivity index (χ0v) is 15.6. The molecule has 1 aromatic rings. The third kappa shape index (κ3) is 6.02. The summed E-state index contributed by atoms with van der Waals surface area (Å²) in [4.78, 5) is 23.6. The number of carbonyl (C=O) groups excluding carboxylic acids is 2. The molecule has 2 N–H and O–H groups in total. The highest BCUT2D eigenvalue weighted by Crippen LogP contribution is 2.24. The summed E-state index contributed by atoms with van der Waals surface area (Å²) < 4.78 is 36.1. The summed E-state index contributed by atoms with van der Waals surface area (Å²) >= 11 is 0. The normalized spacial score (nSPS) is 12.3. The van der Waals surface area contributed by atoms with Crippen molar-refractivity contribution in [1.82, 2.24) is 10.0 Å². The minimum absolute atomic E-state index is 0.00373. The Morgan fingerprint density at radius 1 is 1.28 bits per heavy atom. The minimum atomic E-state index is -3.81. The molecule has 0 aliphatic heterocycles. The number of hydrogen-bond donors (Lipinski definition) is 2. The number of methoxy groups -OCH3 is 1. The summed E-state index contributed by atoms with van der Waals surface area (Å²) in [5.74, 6) is -1.11. The van der Waals surface area contributed by atoms with Crippen molar-refractivity contribution >= 4 is 21.9 Å². The van der Waals surface area contributed by atoms with Crippen molar-refractivity contribution in [1.29, 1.82) is 0 Å². The lowest BCUT2D eigenvalue weighted by Crippen LogP contribution is -2.35. The van der Waals surface area contributed by atoms with Crippen molar-refractivity contribution in [2.45, 2.75) is 37.6 Å². The second-order valence-corrected chi connectivity index (χ2v) is 7.26. The lowest BCUT2D eigenvalue weighted by molar-refractivity contribution is -0.124. The van der Waals surface area contributed by atoms with Gasteiger partial charge in [0, 0.05) is 6.04 Å². The second kappa shape index (κ2) is 9.38. The van der Waals surface area contributed by atoms with E-state index in [2.05, 4.69) is 10.0 Å². The second-order valence-electron chi connectivity index (χ2n) is 5.41. The van der Waals surface area contributed by atoms with E-state index < -0.39 is 28.5 Å². The molecule has 0 spiro atoms. The van der Waals surface area contributed by atoms with Gasteiger partial charge in [-0.2, -0.15) is 0 Å². The number of esters is 1. The Kier molecular flexibility index (Phi) is 7.85. The molecule has 1 atom stereocenters. The monoisotopic (exact) mass is 372 g/mol. The molecule has 140 valence electrons. The molecule has 1 amide bonds. The van der Waals surface area contributed by atoms with Crippen LogP contribution in [0.25, 0.3) is 0 Å². The predicted molar refractivity (Wildman–Crippen MR) is 92.0 cm³/mol. The number of carbonyl (C=O) groups is 2. The number of sulfonamides is 1. The van der Waals surface area contributed by atoms with Crippen molar-refractivity contribution in [2.75, 3.05) is 20.8 Å². The number of rotatable bonds is 9. The van der Waals surface area contributed by atoms with Gasteiger partial charge < -0.3 is 14.8 Å². The summed E-state index contributed by atoms with van der Waals surface area (Å²) in [6, 6.07) is 3.85. The maximum atomic E-state index is 12.1. The van der Waals surface area contributed by atoms with Crippen molar-refractivity contribution in [3.63, 3.8) is 0 Å². The van der Waals surface area contributed by atoms with Crippen LogP contribution in [0, 0.1) is 0 Å². The molecule has 8 nitrogen and oxygen atoms in total. The van der Waals surface area contributed by atoms with Crippen LogP contribution < -0.4 is 14.8 Å². The first-order valence-electron chi connectivity index (χ1n) is 7.83. The summed E-state index contributed by atoms with van der Waals surface area (Å²) in [6.45, 7) is 3.43. The lowest BCUT2D eigenvalue weighted by atomic mass is 10.2. The van der Waals surface area contributed by atoms with E-state index in [9.17, 15) is 18.0 Å².